The van der Waals surface area contributed by atoms with Gasteiger partial charge < -0.3 is 26.5 Å². The summed E-state index contributed by atoms with van der Waals surface area (Å²) < 4.78 is 0. The van der Waals surface area contributed by atoms with E-state index in [9.17, 15) is 4.79 Å². The van der Waals surface area contributed by atoms with Crippen LogP contribution in [-0.4, -0.2) is 49.2 Å². The van der Waals surface area contributed by atoms with Crippen molar-refractivity contribution in [3.8, 4) is 0 Å². The first kappa shape index (κ1) is 16.8. The van der Waals surface area contributed by atoms with Crippen molar-refractivity contribution in [2.75, 3.05) is 27.2 Å². The maximum atomic E-state index is 11.4. The molecule has 0 saturated carbocycles. The van der Waals surface area contributed by atoms with Crippen LogP contribution in [0.25, 0.3) is 0 Å². The Morgan fingerprint density at radius 1 is 1.33 bits per heavy atom. The van der Waals surface area contributed by atoms with E-state index in [1.54, 1.807) is 14.1 Å². The number of amides is 2. The number of carbonyl (C=O) groups is 1. The zero-order valence-electron chi connectivity index (χ0n) is 12.4. The molecule has 0 spiro atoms. The van der Waals surface area contributed by atoms with E-state index in [1.165, 1.54) is 4.90 Å². The van der Waals surface area contributed by atoms with Crippen LogP contribution in [0.4, 0.5) is 4.79 Å². The lowest BCUT2D eigenvalue weighted by molar-refractivity contribution is 0.217. The highest BCUT2D eigenvalue weighted by Gasteiger charge is 2.13. The van der Waals surface area contributed by atoms with Crippen molar-refractivity contribution in [3.63, 3.8) is 0 Å². The second-order valence-electron chi connectivity index (χ2n) is 4.84. The number of hydrogen-bond acceptors (Lipinski definition) is 4. The second-order valence-corrected chi connectivity index (χ2v) is 4.84. The van der Waals surface area contributed by atoms with Crippen LogP contribution in [0, 0.1) is 0 Å². The van der Waals surface area contributed by atoms with E-state index < -0.39 is 0 Å². The number of nitrogens with zero attached hydrogens (tertiary/aromatic N) is 2. The normalized spacial score (nSPS) is 12.8. The van der Waals surface area contributed by atoms with E-state index in [4.69, 9.17) is 10.9 Å². The number of benzene rings is 1. The van der Waals surface area contributed by atoms with E-state index in [1.807, 2.05) is 30.3 Å². The SMILES string of the molecule is CN(C)C(=O)NCCNC(C/C(N)=N/O)c1ccccc1. The number of nitrogens with one attached hydrogen (secondary N) is 2. The average molecular weight is 293 g/mol. The van der Waals surface area contributed by atoms with Gasteiger partial charge in [-0.1, -0.05) is 35.5 Å². The van der Waals surface area contributed by atoms with Gasteiger partial charge >= 0.3 is 6.03 Å². The summed E-state index contributed by atoms with van der Waals surface area (Å²) in [6.45, 7) is 1.08. The van der Waals surface area contributed by atoms with Crippen molar-refractivity contribution >= 4 is 11.9 Å². The monoisotopic (exact) mass is 293 g/mol. The lowest BCUT2D eigenvalue weighted by Gasteiger charge is -2.19. The molecule has 7 nitrogen and oxygen atoms in total. The summed E-state index contributed by atoms with van der Waals surface area (Å²) in [6.07, 6.45) is 0.391. The molecule has 0 aliphatic heterocycles. The maximum Gasteiger partial charge on any atom is 0.316 e. The van der Waals surface area contributed by atoms with Gasteiger partial charge in [-0.05, 0) is 5.56 Å². The number of rotatable bonds is 7. The standard InChI is InChI=1S/C14H23N5O2/c1-19(2)14(20)17-9-8-16-12(10-13(15)18-21)11-6-4-3-5-7-11/h3-7,12,16,21H,8-10H2,1-2H3,(H2,15,18)(H,17,20). The molecule has 21 heavy (non-hydrogen) atoms. The minimum atomic E-state index is -0.135. The highest BCUT2D eigenvalue weighted by Crippen LogP contribution is 2.15. The zero-order chi connectivity index (χ0) is 15.7. The molecule has 0 bridgehead atoms. The van der Waals surface area contributed by atoms with Crippen LogP contribution in [0.2, 0.25) is 0 Å². The largest absolute Gasteiger partial charge is 0.409 e. The molecule has 0 aliphatic rings. The molecule has 116 valence electrons. The molecular weight excluding hydrogens is 270 g/mol. The first-order valence-corrected chi connectivity index (χ1v) is 6.74. The van der Waals surface area contributed by atoms with Crippen molar-refractivity contribution in [3.05, 3.63) is 35.9 Å². The molecule has 2 amide bonds. The fraction of sp³-hybridized carbons (Fsp3) is 0.429. The molecule has 0 aromatic heterocycles. The third-order valence-electron chi connectivity index (χ3n) is 2.94. The van der Waals surface area contributed by atoms with Gasteiger partial charge in [0.15, 0.2) is 0 Å². The van der Waals surface area contributed by atoms with Crippen molar-refractivity contribution < 1.29 is 10.0 Å². The lowest BCUT2D eigenvalue weighted by atomic mass is 10.0. The maximum absolute atomic E-state index is 11.4. The quantitative estimate of drug-likeness (QED) is 0.196. The zero-order valence-corrected chi connectivity index (χ0v) is 12.4. The predicted octanol–water partition coefficient (Wildman–Crippen LogP) is 0.725. The Balaban J connectivity index is 2.52. The Kier molecular flexibility index (Phi) is 7.03. The van der Waals surface area contributed by atoms with Crippen LogP contribution in [0.5, 0.6) is 0 Å². The molecule has 7 heteroatoms. The summed E-state index contributed by atoms with van der Waals surface area (Å²) in [6, 6.07) is 9.54. The molecule has 1 unspecified atom stereocenters. The summed E-state index contributed by atoms with van der Waals surface area (Å²) in [7, 11) is 3.38. The number of hydrogen-bond donors (Lipinski definition) is 4. The Bertz CT molecular complexity index is 462. The third kappa shape index (κ3) is 6.13. The number of urea groups is 1. The fourth-order valence-corrected chi connectivity index (χ4v) is 1.82. The lowest BCUT2D eigenvalue weighted by Crippen LogP contribution is -2.39. The molecule has 1 aromatic carbocycles. The summed E-state index contributed by atoms with van der Waals surface area (Å²) in [5, 5.41) is 17.8. The van der Waals surface area contributed by atoms with Crippen LogP contribution in [0.3, 0.4) is 0 Å². The van der Waals surface area contributed by atoms with Gasteiger partial charge in [0, 0.05) is 39.6 Å². The van der Waals surface area contributed by atoms with Gasteiger partial charge in [-0.2, -0.15) is 0 Å². The van der Waals surface area contributed by atoms with E-state index >= 15 is 0 Å². The summed E-state index contributed by atoms with van der Waals surface area (Å²) in [4.78, 5) is 12.9. The molecule has 1 aromatic rings. The Labute approximate surface area is 124 Å². The van der Waals surface area contributed by atoms with Crippen molar-refractivity contribution in [1.29, 1.82) is 0 Å². The van der Waals surface area contributed by atoms with Crippen LogP contribution < -0.4 is 16.4 Å². The average Bonchev–Trinajstić information content (AvgIpc) is 2.50. The fourth-order valence-electron chi connectivity index (χ4n) is 1.82. The van der Waals surface area contributed by atoms with Crippen LogP contribution in [0.15, 0.2) is 35.5 Å². The Hall–Kier alpha value is -2.28. The minimum absolute atomic E-state index is 0.0710. The van der Waals surface area contributed by atoms with E-state index in [0.717, 1.165) is 5.56 Å². The third-order valence-corrected chi connectivity index (χ3v) is 2.94. The van der Waals surface area contributed by atoms with E-state index in [0.29, 0.717) is 19.5 Å². The first-order valence-electron chi connectivity index (χ1n) is 6.74. The van der Waals surface area contributed by atoms with Crippen molar-refractivity contribution in [1.82, 2.24) is 15.5 Å². The smallest absolute Gasteiger partial charge is 0.316 e. The minimum Gasteiger partial charge on any atom is -0.409 e. The van der Waals surface area contributed by atoms with Gasteiger partial charge in [0.25, 0.3) is 0 Å². The summed E-state index contributed by atoms with van der Waals surface area (Å²) in [5.74, 6) is 0.161. The van der Waals surface area contributed by atoms with Crippen molar-refractivity contribution in [2.24, 2.45) is 10.9 Å². The summed E-state index contributed by atoms with van der Waals surface area (Å²) in [5.41, 5.74) is 6.63. The number of nitrogens with two attached hydrogens (primary N) is 1. The molecule has 0 radical (unpaired) electrons. The number of amidine groups is 1. The molecule has 0 fully saturated rings. The van der Waals surface area contributed by atoms with E-state index in [2.05, 4.69) is 15.8 Å². The van der Waals surface area contributed by atoms with E-state index in [-0.39, 0.29) is 17.9 Å². The molecular formula is C14H23N5O2. The summed E-state index contributed by atoms with van der Waals surface area (Å²) >= 11 is 0. The van der Waals surface area contributed by atoms with Crippen LogP contribution in [0.1, 0.15) is 18.0 Å². The van der Waals surface area contributed by atoms with Gasteiger partial charge in [-0.15, -0.1) is 0 Å². The molecule has 0 heterocycles. The molecule has 0 saturated heterocycles. The molecule has 0 aliphatic carbocycles. The number of oxime groups is 1. The van der Waals surface area contributed by atoms with Crippen LogP contribution >= 0.6 is 0 Å². The van der Waals surface area contributed by atoms with Crippen LogP contribution in [-0.2, 0) is 0 Å². The van der Waals surface area contributed by atoms with Gasteiger partial charge in [-0.25, -0.2) is 4.79 Å². The first-order chi connectivity index (χ1) is 10.0. The highest BCUT2D eigenvalue weighted by molar-refractivity contribution is 5.80. The highest BCUT2D eigenvalue weighted by atomic mass is 16.4. The second kappa shape index (κ2) is 8.80. The predicted molar refractivity (Wildman–Crippen MR) is 82.3 cm³/mol. The van der Waals surface area contributed by atoms with Gasteiger partial charge in [-0.3, -0.25) is 0 Å². The molecule has 1 atom stereocenters. The van der Waals surface area contributed by atoms with Crippen molar-refractivity contribution in [2.45, 2.75) is 12.5 Å². The molecule has 5 N–H and O–H groups in total. The van der Waals surface area contributed by atoms with Gasteiger partial charge in [0.05, 0.1) is 0 Å². The van der Waals surface area contributed by atoms with Gasteiger partial charge in [0.1, 0.15) is 5.84 Å². The molecule has 1 rings (SSSR count). The Morgan fingerprint density at radius 3 is 2.57 bits per heavy atom. The Morgan fingerprint density at radius 2 is 2.00 bits per heavy atom. The topological polar surface area (TPSA) is 103 Å². The van der Waals surface area contributed by atoms with Gasteiger partial charge in [0.2, 0.25) is 0 Å². The number of carbonyl (C=O) groups excluding carboxylic acids is 1.